The number of rotatable bonds is 8. The Morgan fingerprint density at radius 1 is 1.07 bits per heavy atom. The van der Waals surface area contributed by atoms with Crippen LogP contribution in [-0.2, 0) is 13.0 Å². The molecule has 0 aliphatic heterocycles. The van der Waals surface area contributed by atoms with Gasteiger partial charge >= 0.3 is 0 Å². The van der Waals surface area contributed by atoms with Crippen LogP contribution in [0.15, 0.2) is 70.3 Å². The summed E-state index contributed by atoms with van der Waals surface area (Å²) < 4.78 is 5.56. The van der Waals surface area contributed by atoms with E-state index in [4.69, 9.17) is 4.42 Å². The Kier molecular flexibility index (Phi) is 7.07. The number of hydrogen-bond acceptors (Lipinski definition) is 4. The number of aliphatic imine (C=N–C) groups is 1. The SMILES string of the molecule is CCNC(=NCc1coc(-c2ccccc2)n1)NCCCc1ccc(O)cc1. The van der Waals surface area contributed by atoms with E-state index in [1.54, 1.807) is 18.4 Å². The summed E-state index contributed by atoms with van der Waals surface area (Å²) in [5.41, 5.74) is 2.95. The van der Waals surface area contributed by atoms with Crippen molar-refractivity contribution in [2.45, 2.75) is 26.3 Å². The van der Waals surface area contributed by atoms with Gasteiger partial charge in [0.25, 0.3) is 0 Å². The zero-order chi connectivity index (χ0) is 19.6. The number of nitrogens with zero attached hydrogens (tertiary/aromatic N) is 2. The molecule has 0 aliphatic rings. The minimum absolute atomic E-state index is 0.298. The summed E-state index contributed by atoms with van der Waals surface area (Å²) in [6.45, 7) is 4.08. The molecule has 0 spiro atoms. The van der Waals surface area contributed by atoms with Crippen LogP contribution < -0.4 is 10.6 Å². The van der Waals surface area contributed by atoms with Crippen LogP contribution in [0.2, 0.25) is 0 Å². The topological polar surface area (TPSA) is 82.7 Å². The summed E-state index contributed by atoms with van der Waals surface area (Å²) in [5, 5.41) is 15.9. The summed E-state index contributed by atoms with van der Waals surface area (Å²) in [6, 6.07) is 17.2. The largest absolute Gasteiger partial charge is 0.508 e. The van der Waals surface area contributed by atoms with Crippen molar-refractivity contribution in [3.05, 3.63) is 72.1 Å². The first-order valence-corrected chi connectivity index (χ1v) is 9.54. The molecule has 0 fully saturated rings. The third-order valence-corrected chi connectivity index (χ3v) is 4.19. The van der Waals surface area contributed by atoms with Crippen molar-refractivity contribution in [1.82, 2.24) is 15.6 Å². The molecule has 0 saturated heterocycles. The molecule has 3 aromatic rings. The highest BCUT2D eigenvalue weighted by molar-refractivity contribution is 5.79. The van der Waals surface area contributed by atoms with Crippen molar-refractivity contribution in [2.75, 3.05) is 13.1 Å². The number of aromatic nitrogens is 1. The summed E-state index contributed by atoms with van der Waals surface area (Å²) in [4.78, 5) is 9.09. The Morgan fingerprint density at radius 3 is 2.61 bits per heavy atom. The van der Waals surface area contributed by atoms with Gasteiger partial charge in [-0.3, -0.25) is 0 Å². The Balaban J connectivity index is 1.50. The van der Waals surface area contributed by atoms with Gasteiger partial charge in [0.15, 0.2) is 5.96 Å². The number of hydrogen-bond donors (Lipinski definition) is 3. The highest BCUT2D eigenvalue weighted by atomic mass is 16.3. The van der Waals surface area contributed by atoms with E-state index in [1.165, 1.54) is 5.56 Å². The van der Waals surface area contributed by atoms with Crippen LogP contribution in [0.1, 0.15) is 24.6 Å². The number of aryl methyl sites for hydroxylation is 1. The molecule has 3 rings (SSSR count). The summed E-state index contributed by atoms with van der Waals surface area (Å²) >= 11 is 0. The summed E-state index contributed by atoms with van der Waals surface area (Å²) in [7, 11) is 0. The number of nitrogens with one attached hydrogen (secondary N) is 2. The highest BCUT2D eigenvalue weighted by Gasteiger charge is 2.06. The Labute approximate surface area is 165 Å². The van der Waals surface area contributed by atoms with E-state index in [-0.39, 0.29) is 0 Å². The molecule has 3 N–H and O–H groups in total. The van der Waals surface area contributed by atoms with Gasteiger partial charge in [-0.1, -0.05) is 30.3 Å². The minimum Gasteiger partial charge on any atom is -0.508 e. The van der Waals surface area contributed by atoms with Gasteiger partial charge in [-0.2, -0.15) is 0 Å². The van der Waals surface area contributed by atoms with E-state index in [2.05, 4.69) is 20.6 Å². The van der Waals surface area contributed by atoms with Crippen molar-refractivity contribution >= 4 is 5.96 Å². The average Bonchev–Trinajstić information content (AvgIpc) is 3.20. The fraction of sp³-hybridized carbons (Fsp3) is 0.273. The summed E-state index contributed by atoms with van der Waals surface area (Å²) in [6.07, 6.45) is 3.56. The molecular formula is C22H26N4O2. The lowest BCUT2D eigenvalue weighted by molar-refractivity contribution is 0.475. The predicted octanol–water partition coefficient (Wildman–Crippen LogP) is 3.74. The third kappa shape index (κ3) is 5.87. The lowest BCUT2D eigenvalue weighted by Gasteiger charge is -2.11. The highest BCUT2D eigenvalue weighted by Crippen LogP contribution is 2.18. The van der Waals surface area contributed by atoms with E-state index in [9.17, 15) is 5.11 Å². The fourth-order valence-corrected chi connectivity index (χ4v) is 2.76. The second kappa shape index (κ2) is 10.2. The van der Waals surface area contributed by atoms with Crippen LogP contribution in [0.25, 0.3) is 11.5 Å². The number of aromatic hydroxyl groups is 1. The van der Waals surface area contributed by atoms with Crippen molar-refractivity contribution in [2.24, 2.45) is 4.99 Å². The van der Waals surface area contributed by atoms with Crippen LogP contribution in [-0.4, -0.2) is 29.1 Å². The number of phenolic OH excluding ortho intramolecular Hbond substituents is 1. The van der Waals surface area contributed by atoms with Gasteiger partial charge in [0, 0.05) is 18.7 Å². The molecule has 1 aromatic heterocycles. The third-order valence-electron chi connectivity index (χ3n) is 4.19. The van der Waals surface area contributed by atoms with Crippen molar-refractivity contribution in [3.8, 4) is 17.2 Å². The standard InChI is InChI=1S/C22H26N4O2/c1-2-23-22(24-14-6-7-17-10-12-20(27)13-11-17)25-15-19-16-28-21(26-19)18-8-4-3-5-9-18/h3-5,8-13,16,27H,2,6-7,14-15H2,1H3,(H2,23,24,25). The number of benzene rings is 2. The molecule has 28 heavy (non-hydrogen) atoms. The number of oxazole rings is 1. The normalized spacial score (nSPS) is 11.4. The zero-order valence-corrected chi connectivity index (χ0v) is 16.1. The van der Waals surface area contributed by atoms with Gasteiger partial charge in [0.05, 0.1) is 6.54 Å². The molecule has 0 aliphatic carbocycles. The molecular weight excluding hydrogens is 352 g/mol. The molecule has 0 radical (unpaired) electrons. The van der Waals surface area contributed by atoms with Gasteiger partial charge in [0.1, 0.15) is 17.7 Å². The average molecular weight is 378 g/mol. The Bertz CT molecular complexity index is 873. The van der Waals surface area contributed by atoms with E-state index in [0.717, 1.165) is 43.1 Å². The fourth-order valence-electron chi connectivity index (χ4n) is 2.76. The monoisotopic (exact) mass is 378 g/mol. The molecule has 146 valence electrons. The molecule has 0 amide bonds. The van der Waals surface area contributed by atoms with Gasteiger partial charge in [-0.05, 0) is 49.6 Å². The van der Waals surface area contributed by atoms with Crippen LogP contribution in [0.3, 0.4) is 0 Å². The first kappa shape index (κ1) is 19.5. The maximum atomic E-state index is 9.33. The lowest BCUT2D eigenvalue weighted by atomic mass is 10.1. The maximum Gasteiger partial charge on any atom is 0.226 e. The van der Waals surface area contributed by atoms with Gasteiger partial charge in [-0.25, -0.2) is 9.98 Å². The smallest absolute Gasteiger partial charge is 0.226 e. The quantitative estimate of drug-likeness (QED) is 0.316. The van der Waals surface area contributed by atoms with Gasteiger partial charge in [-0.15, -0.1) is 0 Å². The Morgan fingerprint density at radius 2 is 1.86 bits per heavy atom. The molecule has 0 saturated carbocycles. The second-order valence-corrected chi connectivity index (χ2v) is 6.40. The maximum absolute atomic E-state index is 9.33. The van der Waals surface area contributed by atoms with Crippen LogP contribution in [0, 0.1) is 0 Å². The minimum atomic E-state index is 0.298. The number of guanidine groups is 1. The van der Waals surface area contributed by atoms with Crippen molar-refractivity contribution < 1.29 is 9.52 Å². The van der Waals surface area contributed by atoms with E-state index in [0.29, 0.717) is 18.2 Å². The predicted molar refractivity (Wildman–Crippen MR) is 111 cm³/mol. The molecule has 2 aromatic carbocycles. The zero-order valence-electron chi connectivity index (χ0n) is 16.1. The molecule has 6 nitrogen and oxygen atoms in total. The summed E-state index contributed by atoms with van der Waals surface area (Å²) in [5.74, 6) is 1.67. The van der Waals surface area contributed by atoms with E-state index in [1.807, 2.05) is 49.4 Å². The van der Waals surface area contributed by atoms with E-state index >= 15 is 0 Å². The van der Waals surface area contributed by atoms with Gasteiger partial charge in [0.2, 0.25) is 5.89 Å². The Hall–Kier alpha value is -3.28. The molecule has 1 heterocycles. The van der Waals surface area contributed by atoms with E-state index < -0.39 is 0 Å². The van der Waals surface area contributed by atoms with Crippen molar-refractivity contribution in [1.29, 1.82) is 0 Å². The first-order valence-electron chi connectivity index (χ1n) is 9.54. The van der Waals surface area contributed by atoms with Crippen LogP contribution >= 0.6 is 0 Å². The van der Waals surface area contributed by atoms with Gasteiger partial charge < -0.3 is 20.2 Å². The van der Waals surface area contributed by atoms with Crippen LogP contribution in [0.5, 0.6) is 5.75 Å². The number of phenols is 1. The molecule has 0 unspecified atom stereocenters. The molecule has 0 bridgehead atoms. The molecule has 6 heteroatoms. The lowest BCUT2D eigenvalue weighted by Crippen LogP contribution is -2.37. The van der Waals surface area contributed by atoms with Crippen LogP contribution in [0.4, 0.5) is 0 Å². The van der Waals surface area contributed by atoms with Crippen molar-refractivity contribution in [3.63, 3.8) is 0 Å². The second-order valence-electron chi connectivity index (χ2n) is 6.40. The molecule has 0 atom stereocenters. The first-order chi connectivity index (χ1) is 13.7.